The van der Waals surface area contributed by atoms with Gasteiger partial charge < -0.3 is 4.57 Å². The summed E-state index contributed by atoms with van der Waals surface area (Å²) in [5, 5.41) is 15.7. The third-order valence-electron chi connectivity index (χ3n) is 5.37. The maximum absolute atomic E-state index is 12.5. The van der Waals surface area contributed by atoms with Crippen LogP contribution in [0.1, 0.15) is 37.7 Å². The van der Waals surface area contributed by atoms with Crippen LogP contribution in [0.15, 0.2) is 53.6 Å². The van der Waals surface area contributed by atoms with E-state index in [0.717, 1.165) is 27.3 Å². The Balaban J connectivity index is 1.54. The molecule has 2 aromatic heterocycles. The number of amides is 1. The smallest absolute Gasteiger partial charge is 0.281 e. The second kappa shape index (κ2) is 8.39. The number of aryl methyl sites for hydroxylation is 3. The molecule has 0 spiro atoms. The third kappa shape index (κ3) is 4.04. The lowest BCUT2D eigenvalue weighted by atomic mass is 10.1. The number of aromatic nitrogens is 1. The molecule has 0 unspecified atom stereocenters. The largest absolute Gasteiger partial charge is 0.318 e. The average molecular weight is 447 g/mol. The van der Waals surface area contributed by atoms with Crippen LogP contribution in [-0.2, 0) is 0 Å². The lowest BCUT2D eigenvalue weighted by Crippen LogP contribution is -2.16. The third-order valence-corrected chi connectivity index (χ3v) is 6.48. The SMILES string of the molecule is Cc1ccc(-n2c(C)cc(C=NNC(=O)c3cc4cc([N+](=O)[O-])ccc4s3)c2C)c(C)c1. The van der Waals surface area contributed by atoms with Gasteiger partial charge in [-0.25, -0.2) is 5.43 Å². The number of hydrogen-bond donors (Lipinski definition) is 1. The molecule has 0 aliphatic carbocycles. The number of nitro benzene ring substituents is 1. The summed E-state index contributed by atoms with van der Waals surface area (Å²) >= 11 is 1.27. The average Bonchev–Trinajstić information content (AvgIpc) is 3.29. The van der Waals surface area contributed by atoms with E-state index in [9.17, 15) is 14.9 Å². The van der Waals surface area contributed by atoms with Crippen molar-refractivity contribution >= 4 is 39.2 Å². The highest BCUT2D eigenvalue weighted by Crippen LogP contribution is 2.29. The Labute approximate surface area is 189 Å². The van der Waals surface area contributed by atoms with Crippen LogP contribution in [0, 0.1) is 37.8 Å². The Bertz CT molecular complexity index is 1400. The molecular formula is C24H22N4O3S. The van der Waals surface area contributed by atoms with E-state index in [2.05, 4.69) is 47.1 Å². The highest BCUT2D eigenvalue weighted by Gasteiger charge is 2.14. The molecule has 1 amide bonds. The number of benzene rings is 2. The Morgan fingerprint density at radius 3 is 2.59 bits per heavy atom. The molecule has 32 heavy (non-hydrogen) atoms. The molecule has 1 N–H and O–H groups in total. The van der Waals surface area contributed by atoms with E-state index >= 15 is 0 Å². The summed E-state index contributed by atoms with van der Waals surface area (Å²) in [7, 11) is 0. The summed E-state index contributed by atoms with van der Waals surface area (Å²) in [5.41, 5.74) is 9.10. The van der Waals surface area contributed by atoms with Crippen LogP contribution >= 0.6 is 11.3 Å². The summed E-state index contributed by atoms with van der Waals surface area (Å²) in [4.78, 5) is 23.5. The molecule has 0 aliphatic heterocycles. The van der Waals surface area contributed by atoms with Gasteiger partial charge in [0.15, 0.2) is 0 Å². The van der Waals surface area contributed by atoms with E-state index in [1.807, 2.05) is 19.9 Å². The van der Waals surface area contributed by atoms with Crippen molar-refractivity contribution in [3.63, 3.8) is 0 Å². The zero-order chi connectivity index (χ0) is 23.0. The second-order valence-electron chi connectivity index (χ2n) is 7.74. The lowest BCUT2D eigenvalue weighted by Gasteiger charge is -2.13. The Morgan fingerprint density at radius 1 is 1.09 bits per heavy atom. The number of nitrogens with one attached hydrogen (secondary N) is 1. The van der Waals surface area contributed by atoms with Gasteiger partial charge in [0.2, 0.25) is 0 Å². The van der Waals surface area contributed by atoms with Crippen molar-refractivity contribution in [3.05, 3.63) is 91.6 Å². The van der Waals surface area contributed by atoms with E-state index in [1.165, 1.54) is 34.6 Å². The van der Waals surface area contributed by atoms with E-state index in [4.69, 9.17) is 0 Å². The van der Waals surface area contributed by atoms with E-state index in [-0.39, 0.29) is 11.6 Å². The summed E-state index contributed by atoms with van der Waals surface area (Å²) in [6.07, 6.45) is 1.64. The van der Waals surface area contributed by atoms with Crippen LogP contribution in [0.25, 0.3) is 15.8 Å². The number of fused-ring (bicyclic) bond motifs is 1. The Morgan fingerprint density at radius 2 is 1.88 bits per heavy atom. The van der Waals surface area contributed by atoms with Gasteiger partial charge in [0.25, 0.3) is 11.6 Å². The predicted octanol–water partition coefficient (Wildman–Crippen LogP) is 5.60. The number of nitrogens with zero attached hydrogens (tertiary/aromatic N) is 3. The number of carbonyl (C=O) groups excluding carboxylic acids is 1. The molecule has 2 aromatic carbocycles. The van der Waals surface area contributed by atoms with Crippen LogP contribution in [-0.4, -0.2) is 21.6 Å². The molecular weight excluding hydrogens is 424 g/mol. The summed E-state index contributed by atoms with van der Waals surface area (Å²) in [6.45, 7) is 8.23. The normalized spacial score (nSPS) is 11.4. The molecule has 0 aliphatic rings. The number of nitro groups is 1. The van der Waals surface area contributed by atoms with E-state index in [0.29, 0.717) is 10.3 Å². The molecule has 0 saturated carbocycles. The zero-order valence-electron chi connectivity index (χ0n) is 18.2. The first kappa shape index (κ1) is 21.5. The number of non-ortho nitro benzene ring substituents is 1. The van der Waals surface area contributed by atoms with E-state index < -0.39 is 4.92 Å². The topological polar surface area (TPSA) is 89.5 Å². The first-order valence-electron chi connectivity index (χ1n) is 10.0. The van der Waals surface area contributed by atoms with Crippen molar-refractivity contribution < 1.29 is 9.72 Å². The van der Waals surface area contributed by atoms with E-state index in [1.54, 1.807) is 18.3 Å². The number of carbonyl (C=O) groups is 1. The molecule has 0 radical (unpaired) electrons. The molecule has 2 heterocycles. The van der Waals surface area contributed by atoms with Crippen molar-refractivity contribution in [1.82, 2.24) is 9.99 Å². The minimum absolute atomic E-state index is 0.000510. The molecule has 0 bridgehead atoms. The fourth-order valence-electron chi connectivity index (χ4n) is 3.82. The maximum atomic E-state index is 12.5. The van der Waals surface area contributed by atoms with Gasteiger partial charge in [0.1, 0.15) is 0 Å². The summed E-state index contributed by atoms with van der Waals surface area (Å²) < 4.78 is 2.98. The van der Waals surface area contributed by atoms with Crippen molar-refractivity contribution in [3.8, 4) is 5.69 Å². The molecule has 4 rings (SSSR count). The Kier molecular flexibility index (Phi) is 5.63. The Hall–Kier alpha value is -3.78. The summed E-state index contributed by atoms with van der Waals surface area (Å²) in [6, 6.07) is 14.6. The minimum Gasteiger partial charge on any atom is -0.318 e. The van der Waals surface area contributed by atoms with Gasteiger partial charge in [-0.1, -0.05) is 17.7 Å². The molecule has 7 nitrogen and oxygen atoms in total. The number of hydrogen-bond acceptors (Lipinski definition) is 5. The standard InChI is InChI=1S/C24H22N4O3S/c1-14-5-7-21(15(2)9-14)27-16(3)10-19(17(27)4)13-25-26-24(29)23-12-18-11-20(28(30)31)6-8-22(18)32-23/h5-13H,1-4H3,(H,26,29). The fraction of sp³-hybridized carbons (Fsp3) is 0.167. The maximum Gasteiger partial charge on any atom is 0.281 e. The summed E-state index contributed by atoms with van der Waals surface area (Å²) in [5.74, 6) is -0.353. The molecule has 0 saturated heterocycles. The number of thiophene rings is 1. The second-order valence-corrected chi connectivity index (χ2v) is 8.82. The van der Waals surface area contributed by atoms with Gasteiger partial charge in [-0.3, -0.25) is 14.9 Å². The zero-order valence-corrected chi connectivity index (χ0v) is 19.0. The van der Waals surface area contributed by atoms with Crippen LogP contribution < -0.4 is 5.43 Å². The molecule has 162 valence electrons. The first-order chi connectivity index (χ1) is 15.2. The molecule has 8 heteroatoms. The molecule has 0 fully saturated rings. The fourth-order valence-corrected chi connectivity index (χ4v) is 4.75. The van der Waals surface area contributed by atoms with Crippen LogP contribution in [0.5, 0.6) is 0 Å². The number of hydrazone groups is 1. The monoisotopic (exact) mass is 446 g/mol. The van der Waals surface area contributed by atoms with Crippen molar-refractivity contribution in [2.45, 2.75) is 27.7 Å². The van der Waals surface area contributed by atoms with Gasteiger partial charge in [-0.05, 0) is 57.5 Å². The molecule has 4 aromatic rings. The lowest BCUT2D eigenvalue weighted by molar-refractivity contribution is -0.384. The van der Waals surface area contributed by atoms with Gasteiger partial charge in [0.05, 0.1) is 16.0 Å². The van der Waals surface area contributed by atoms with Crippen molar-refractivity contribution in [1.29, 1.82) is 0 Å². The first-order valence-corrected chi connectivity index (χ1v) is 10.8. The minimum atomic E-state index is -0.449. The van der Waals surface area contributed by atoms with Crippen LogP contribution in [0.4, 0.5) is 5.69 Å². The predicted molar refractivity (Wildman–Crippen MR) is 128 cm³/mol. The van der Waals surface area contributed by atoms with Crippen LogP contribution in [0.2, 0.25) is 0 Å². The number of rotatable bonds is 5. The highest BCUT2D eigenvalue weighted by atomic mass is 32.1. The van der Waals surface area contributed by atoms with Crippen molar-refractivity contribution in [2.24, 2.45) is 5.10 Å². The highest BCUT2D eigenvalue weighted by molar-refractivity contribution is 7.20. The van der Waals surface area contributed by atoms with Gasteiger partial charge in [0, 0.05) is 44.9 Å². The van der Waals surface area contributed by atoms with Crippen LogP contribution in [0.3, 0.4) is 0 Å². The molecule has 0 atom stereocenters. The van der Waals surface area contributed by atoms with Gasteiger partial charge in [-0.15, -0.1) is 11.3 Å². The quantitative estimate of drug-likeness (QED) is 0.246. The van der Waals surface area contributed by atoms with Gasteiger partial charge >= 0.3 is 0 Å². The van der Waals surface area contributed by atoms with Crippen molar-refractivity contribution in [2.75, 3.05) is 0 Å². The van der Waals surface area contributed by atoms with Gasteiger partial charge in [-0.2, -0.15) is 5.10 Å².